The molecular formula is C12H20OS. The predicted octanol–water partition coefficient (Wildman–Crippen LogP) is 3.94. The average molecular weight is 212 g/mol. The minimum Gasteiger partial charge on any atom is -0.282 e. The maximum absolute atomic E-state index is 11.6. The van der Waals surface area contributed by atoms with E-state index in [9.17, 15) is 4.79 Å². The van der Waals surface area contributed by atoms with Crippen LogP contribution in [-0.2, 0) is 4.79 Å². The summed E-state index contributed by atoms with van der Waals surface area (Å²) in [6.07, 6.45) is 7.56. The Kier molecular flexibility index (Phi) is 4.24. The fourth-order valence-corrected chi connectivity index (χ4v) is 3.00. The number of thioether (sulfide) groups is 1. The molecule has 0 aromatic heterocycles. The van der Waals surface area contributed by atoms with Crippen LogP contribution in [0, 0.1) is 0 Å². The maximum atomic E-state index is 11.6. The van der Waals surface area contributed by atoms with E-state index in [1.165, 1.54) is 50.3 Å². The lowest BCUT2D eigenvalue weighted by Gasteiger charge is -2.26. The van der Waals surface area contributed by atoms with Crippen molar-refractivity contribution in [1.82, 2.24) is 0 Å². The molecule has 0 N–H and O–H groups in total. The summed E-state index contributed by atoms with van der Waals surface area (Å²) >= 11 is 1.51. The smallest absolute Gasteiger partial charge is 0.214 e. The van der Waals surface area contributed by atoms with Crippen LogP contribution in [0.1, 0.15) is 52.4 Å². The summed E-state index contributed by atoms with van der Waals surface area (Å²) in [6.45, 7) is 7.73. The van der Waals surface area contributed by atoms with Crippen LogP contribution in [0.2, 0.25) is 0 Å². The first-order valence-electron chi connectivity index (χ1n) is 5.42. The standard InChI is InChI=1S/C12H20OS/c1-10(2)11(13)14-12(3)8-6-4-5-7-9-12/h1,4-9H2,2-3H3. The van der Waals surface area contributed by atoms with E-state index in [0.717, 1.165) is 0 Å². The Morgan fingerprint density at radius 2 is 1.71 bits per heavy atom. The van der Waals surface area contributed by atoms with Gasteiger partial charge in [0.15, 0.2) is 0 Å². The van der Waals surface area contributed by atoms with Crippen LogP contribution in [0.15, 0.2) is 12.2 Å². The molecule has 0 unspecified atom stereocenters. The lowest BCUT2D eigenvalue weighted by molar-refractivity contribution is -0.107. The lowest BCUT2D eigenvalue weighted by atomic mass is 10.0. The van der Waals surface area contributed by atoms with Gasteiger partial charge in [-0.1, -0.05) is 44.0 Å². The van der Waals surface area contributed by atoms with Crippen molar-refractivity contribution in [3.63, 3.8) is 0 Å². The van der Waals surface area contributed by atoms with Gasteiger partial charge in [0.2, 0.25) is 5.12 Å². The summed E-state index contributed by atoms with van der Waals surface area (Å²) in [5.74, 6) is 0. The molecule has 0 aliphatic heterocycles. The summed E-state index contributed by atoms with van der Waals surface area (Å²) in [6, 6.07) is 0. The van der Waals surface area contributed by atoms with Crippen LogP contribution in [0.25, 0.3) is 0 Å². The van der Waals surface area contributed by atoms with Crippen LogP contribution in [0.5, 0.6) is 0 Å². The van der Waals surface area contributed by atoms with E-state index in [-0.39, 0.29) is 9.86 Å². The van der Waals surface area contributed by atoms with Gasteiger partial charge in [0, 0.05) is 4.75 Å². The molecule has 0 spiro atoms. The fraction of sp³-hybridized carbons (Fsp3) is 0.750. The summed E-state index contributed by atoms with van der Waals surface area (Å²) in [4.78, 5) is 11.6. The van der Waals surface area contributed by atoms with Gasteiger partial charge in [0.25, 0.3) is 0 Å². The number of carbonyl (C=O) groups excluding carboxylic acids is 1. The molecule has 1 aliphatic carbocycles. The third kappa shape index (κ3) is 3.49. The van der Waals surface area contributed by atoms with Crippen molar-refractivity contribution in [3.05, 3.63) is 12.2 Å². The monoisotopic (exact) mass is 212 g/mol. The highest BCUT2D eigenvalue weighted by atomic mass is 32.2. The molecule has 1 saturated carbocycles. The summed E-state index contributed by atoms with van der Waals surface area (Å²) in [7, 11) is 0. The summed E-state index contributed by atoms with van der Waals surface area (Å²) in [5.41, 5.74) is 0.681. The van der Waals surface area contributed by atoms with Crippen molar-refractivity contribution >= 4 is 16.9 Å². The van der Waals surface area contributed by atoms with Crippen LogP contribution < -0.4 is 0 Å². The predicted molar refractivity (Wildman–Crippen MR) is 63.5 cm³/mol. The highest BCUT2D eigenvalue weighted by Crippen LogP contribution is 2.39. The largest absolute Gasteiger partial charge is 0.282 e. The summed E-state index contributed by atoms with van der Waals surface area (Å²) in [5, 5.41) is 0.175. The minimum absolute atomic E-state index is 0.173. The van der Waals surface area contributed by atoms with Gasteiger partial charge in [-0.15, -0.1) is 0 Å². The molecule has 0 heterocycles. The quantitative estimate of drug-likeness (QED) is 0.509. The first kappa shape index (κ1) is 11.8. The maximum Gasteiger partial charge on any atom is 0.214 e. The molecule has 14 heavy (non-hydrogen) atoms. The van der Waals surface area contributed by atoms with Gasteiger partial charge in [-0.2, -0.15) is 0 Å². The highest BCUT2D eigenvalue weighted by molar-refractivity contribution is 8.15. The van der Waals surface area contributed by atoms with E-state index in [2.05, 4.69) is 13.5 Å². The number of carbonyl (C=O) groups is 1. The van der Waals surface area contributed by atoms with Gasteiger partial charge < -0.3 is 0 Å². The second-order valence-electron chi connectivity index (χ2n) is 4.53. The Hall–Kier alpha value is -0.240. The second-order valence-corrected chi connectivity index (χ2v) is 6.09. The zero-order valence-corrected chi connectivity index (χ0v) is 10.1. The summed E-state index contributed by atoms with van der Waals surface area (Å²) < 4.78 is 0.173. The molecule has 1 aliphatic rings. The molecule has 1 rings (SSSR count). The molecule has 0 radical (unpaired) electrons. The number of hydrogen-bond donors (Lipinski definition) is 0. The molecule has 0 bridgehead atoms. The highest BCUT2D eigenvalue weighted by Gasteiger charge is 2.29. The molecule has 0 saturated heterocycles. The number of hydrogen-bond acceptors (Lipinski definition) is 2. The zero-order chi connectivity index (χ0) is 10.6. The third-order valence-electron chi connectivity index (χ3n) is 2.85. The molecule has 1 fully saturated rings. The van der Waals surface area contributed by atoms with Gasteiger partial charge in [0.05, 0.1) is 0 Å². The third-order valence-corrected chi connectivity index (χ3v) is 4.28. The van der Waals surface area contributed by atoms with Gasteiger partial charge in [0.1, 0.15) is 0 Å². The first-order chi connectivity index (χ1) is 6.53. The molecule has 2 heteroatoms. The van der Waals surface area contributed by atoms with Crippen LogP contribution >= 0.6 is 11.8 Å². The molecule has 0 aromatic carbocycles. The molecule has 0 amide bonds. The molecule has 0 aromatic rings. The number of rotatable bonds is 2. The van der Waals surface area contributed by atoms with Crippen molar-refractivity contribution in [3.8, 4) is 0 Å². The van der Waals surface area contributed by atoms with Crippen LogP contribution in [-0.4, -0.2) is 9.86 Å². The molecule has 0 atom stereocenters. The molecule has 1 nitrogen and oxygen atoms in total. The normalized spacial score (nSPS) is 21.3. The Labute approximate surface area is 91.3 Å². The van der Waals surface area contributed by atoms with Crippen molar-refractivity contribution in [2.75, 3.05) is 0 Å². The zero-order valence-electron chi connectivity index (χ0n) is 9.27. The minimum atomic E-state index is 0.173. The van der Waals surface area contributed by atoms with Gasteiger partial charge in [-0.3, -0.25) is 4.79 Å². The van der Waals surface area contributed by atoms with Gasteiger partial charge in [-0.25, -0.2) is 0 Å². The SMILES string of the molecule is C=C(C)C(=O)SC1(C)CCCCCC1. The van der Waals surface area contributed by atoms with E-state index in [4.69, 9.17) is 0 Å². The first-order valence-corrected chi connectivity index (χ1v) is 6.24. The van der Waals surface area contributed by atoms with Crippen molar-refractivity contribution in [1.29, 1.82) is 0 Å². The van der Waals surface area contributed by atoms with E-state index in [1.807, 2.05) is 0 Å². The Morgan fingerprint density at radius 1 is 1.21 bits per heavy atom. The molecule has 80 valence electrons. The van der Waals surface area contributed by atoms with Crippen LogP contribution in [0.4, 0.5) is 0 Å². The topological polar surface area (TPSA) is 17.1 Å². The van der Waals surface area contributed by atoms with E-state index >= 15 is 0 Å². The van der Waals surface area contributed by atoms with Crippen molar-refractivity contribution < 1.29 is 4.79 Å². The van der Waals surface area contributed by atoms with E-state index in [1.54, 1.807) is 6.92 Å². The average Bonchev–Trinajstić information content (AvgIpc) is 2.30. The van der Waals surface area contributed by atoms with Gasteiger partial charge >= 0.3 is 0 Å². The van der Waals surface area contributed by atoms with E-state index in [0.29, 0.717) is 5.57 Å². The fourth-order valence-electron chi connectivity index (χ4n) is 1.89. The lowest BCUT2D eigenvalue weighted by Crippen LogP contribution is -2.21. The molecular weight excluding hydrogens is 192 g/mol. The Bertz CT molecular complexity index is 224. The van der Waals surface area contributed by atoms with Gasteiger partial charge in [-0.05, 0) is 32.3 Å². The second kappa shape index (κ2) is 5.01. The van der Waals surface area contributed by atoms with Crippen molar-refractivity contribution in [2.24, 2.45) is 0 Å². The van der Waals surface area contributed by atoms with Crippen LogP contribution in [0.3, 0.4) is 0 Å². The Morgan fingerprint density at radius 3 is 2.14 bits per heavy atom. The van der Waals surface area contributed by atoms with Crippen molar-refractivity contribution in [2.45, 2.75) is 57.1 Å². The Balaban J connectivity index is 2.54. The van der Waals surface area contributed by atoms with E-state index < -0.39 is 0 Å².